The summed E-state index contributed by atoms with van der Waals surface area (Å²) >= 11 is 0. The van der Waals surface area contributed by atoms with Gasteiger partial charge in [-0.3, -0.25) is 0 Å². The normalized spacial score (nSPS) is 18.5. The predicted molar refractivity (Wildman–Crippen MR) is 101 cm³/mol. The molecule has 0 fully saturated rings. The number of allylic oxidation sites excluding steroid dienone is 2. The zero-order valence-electron chi connectivity index (χ0n) is 14.8. The number of nitrogens with one attached hydrogen (secondary N) is 1. The molecule has 1 aliphatic carbocycles. The van der Waals surface area contributed by atoms with Crippen LogP contribution in [0, 0.1) is 5.92 Å². The van der Waals surface area contributed by atoms with E-state index in [9.17, 15) is 14.5 Å². The molecule has 0 saturated heterocycles. The van der Waals surface area contributed by atoms with E-state index in [0.29, 0.717) is 25.6 Å². The molecule has 1 aliphatic rings. The van der Waals surface area contributed by atoms with E-state index < -0.39 is 20.1 Å². The Kier molecular flexibility index (Phi) is 8.92. The quantitative estimate of drug-likeness (QED) is 0.310. The van der Waals surface area contributed by atoms with Crippen molar-refractivity contribution in [3.63, 3.8) is 0 Å². The Morgan fingerprint density at radius 1 is 1.31 bits per heavy atom. The van der Waals surface area contributed by atoms with Gasteiger partial charge in [-0.05, 0) is 60.4 Å². The summed E-state index contributed by atoms with van der Waals surface area (Å²) in [6.45, 7) is 1.49. The molecule has 2 unspecified atom stereocenters. The highest BCUT2D eigenvalue weighted by Gasteiger charge is 2.25. The zero-order valence-corrected chi connectivity index (χ0v) is 15.7. The Morgan fingerprint density at radius 3 is 2.73 bits per heavy atom. The summed E-state index contributed by atoms with van der Waals surface area (Å²) in [6.07, 6.45) is 7.54. The van der Waals surface area contributed by atoms with Gasteiger partial charge in [-0.15, -0.1) is 4.52 Å². The lowest BCUT2D eigenvalue weighted by Crippen LogP contribution is -2.30. The Balaban J connectivity index is 1.56. The van der Waals surface area contributed by atoms with Gasteiger partial charge in [0, 0.05) is 6.54 Å². The number of aliphatic hydroxyl groups excluding tert-OH is 1. The van der Waals surface area contributed by atoms with Crippen molar-refractivity contribution < 1.29 is 24.1 Å². The SMILES string of the molecule is O=C(O)c1ccc(CCNC[C@H](O)C[P+](=O)OCC2CC=CCC2)cc1. The summed E-state index contributed by atoms with van der Waals surface area (Å²) in [5.41, 5.74) is 1.29. The fraction of sp³-hybridized carbons (Fsp3) is 0.526. The Hall–Kier alpha value is -1.59. The number of hydrogen-bond acceptors (Lipinski definition) is 5. The van der Waals surface area contributed by atoms with Crippen molar-refractivity contribution >= 4 is 14.0 Å². The molecule has 0 aromatic heterocycles. The van der Waals surface area contributed by atoms with Crippen LogP contribution in [0.25, 0.3) is 0 Å². The molecule has 0 aliphatic heterocycles. The van der Waals surface area contributed by atoms with Crippen molar-refractivity contribution in [3.05, 3.63) is 47.5 Å². The van der Waals surface area contributed by atoms with Crippen molar-refractivity contribution in [1.82, 2.24) is 5.32 Å². The number of rotatable bonds is 11. The molecule has 7 heteroatoms. The molecule has 1 aromatic rings. The highest BCUT2D eigenvalue weighted by atomic mass is 31.1. The van der Waals surface area contributed by atoms with Crippen LogP contribution in [-0.2, 0) is 15.5 Å². The minimum atomic E-state index is -1.84. The van der Waals surface area contributed by atoms with E-state index in [-0.39, 0.29) is 11.7 Å². The van der Waals surface area contributed by atoms with Gasteiger partial charge in [0.25, 0.3) is 0 Å². The van der Waals surface area contributed by atoms with Gasteiger partial charge in [0.1, 0.15) is 12.7 Å². The molecule has 0 radical (unpaired) electrons. The lowest BCUT2D eigenvalue weighted by molar-refractivity contribution is 0.0697. The molecular formula is C19H27NO5P+. The maximum absolute atomic E-state index is 11.9. The number of carbonyl (C=O) groups is 1. The average Bonchev–Trinajstić information content (AvgIpc) is 2.65. The minimum Gasteiger partial charge on any atom is -0.478 e. The molecular weight excluding hydrogens is 353 g/mol. The maximum Gasteiger partial charge on any atom is 0.510 e. The largest absolute Gasteiger partial charge is 0.510 e. The summed E-state index contributed by atoms with van der Waals surface area (Å²) in [5.74, 6) is -0.504. The van der Waals surface area contributed by atoms with Gasteiger partial charge in [-0.2, -0.15) is 0 Å². The summed E-state index contributed by atoms with van der Waals surface area (Å²) in [7, 11) is -1.84. The van der Waals surface area contributed by atoms with Crippen LogP contribution in [-0.4, -0.2) is 48.1 Å². The van der Waals surface area contributed by atoms with Crippen molar-refractivity contribution in [2.45, 2.75) is 31.8 Å². The summed E-state index contributed by atoms with van der Waals surface area (Å²) in [5, 5.41) is 21.9. The molecule has 0 heterocycles. The fourth-order valence-corrected chi connectivity index (χ4v) is 3.76. The number of hydrogen-bond donors (Lipinski definition) is 3. The molecule has 1 aromatic carbocycles. The molecule has 3 atom stereocenters. The Bertz CT molecular complexity index is 617. The van der Waals surface area contributed by atoms with Crippen LogP contribution in [0.2, 0.25) is 0 Å². The van der Waals surface area contributed by atoms with Crippen molar-refractivity contribution in [1.29, 1.82) is 0 Å². The number of aliphatic hydroxyl groups is 1. The standard InChI is InChI=1S/C19H26NO5P/c21-18(14-26(24)25-13-16-4-2-1-3-5-16)12-20-11-10-15-6-8-17(9-7-15)19(22)23/h1-2,6-9,16,18,20-21H,3-5,10-14H2/p+1/t16?,18-/m0/s1. The predicted octanol–water partition coefficient (Wildman–Crippen LogP) is 2.99. The first-order valence-corrected chi connectivity index (χ1v) is 10.3. The highest BCUT2D eigenvalue weighted by Crippen LogP contribution is 2.27. The molecule has 2 rings (SSSR count). The van der Waals surface area contributed by atoms with Crippen LogP contribution in [0.4, 0.5) is 0 Å². The van der Waals surface area contributed by atoms with E-state index >= 15 is 0 Å². The third-order valence-corrected chi connectivity index (χ3v) is 5.52. The smallest absolute Gasteiger partial charge is 0.478 e. The topological polar surface area (TPSA) is 95.9 Å². The Labute approximate surface area is 155 Å². The van der Waals surface area contributed by atoms with Crippen molar-refractivity contribution in [2.24, 2.45) is 5.92 Å². The Morgan fingerprint density at radius 2 is 2.08 bits per heavy atom. The van der Waals surface area contributed by atoms with Gasteiger partial charge in [0.2, 0.25) is 6.16 Å². The third kappa shape index (κ3) is 7.75. The van der Waals surface area contributed by atoms with E-state index in [1.165, 1.54) is 0 Å². The molecule has 26 heavy (non-hydrogen) atoms. The van der Waals surface area contributed by atoms with Crippen LogP contribution in [0.5, 0.6) is 0 Å². The second-order valence-electron chi connectivity index (χ2n) is 6.57. The summed E-state index contributed by atoms with van der Waals surface area (Å²) in [4.78, 5) is 10.8. The van der Waals surface area contributed by atoms with Crippen molar-refractivity contribution in [3.8, 4) is 0 Å². The van der Waals surface area contributed by atoms with E-state index in [4.69, 9.17) is 9.63 Å². The second-order valence-corrected chi connectivity index (χ2v) is 7.86. The van der Waals surface area contributed by atoms with Gasteiger partial charge in [-0.1, -0.05) is 24.3 Å². The monoisotopic (exact) mass is 380 g/mol. The summed E-state index contributed by atoms with van der Waals surface area (Å²) in [6, 6.07) is 6.73. The molecule has 0 bridgehead atoms. The molecule has 0 spiro atoms. The van der Waals surface area contributed by atoms with Crippen LogP contribution < -0.4 is 5.32 Å². The van der Waals surface area contributed by atoms with Crippen LogP contribution in [0.1, 0.15) is 35.2 Å². The van der Waals surface area contributed by atoms with Gasteiger partial charge in [-0.25, -0.2) is 4.79 Å². The van der Waals surface area contributed by atoms with Gasteiger partial charge in [0.05, 0.1) is 5.56 Å². The number of aromatic carboxylic acids is 1. The summed E-state index contributed by atoms with van der Waals surface area (Å²) < 4.78 is 17.3. The van der Waals surface area contributed by atoms with E-state index in [2.05, 4.69) is 17.5 Å². The number of carboxylic acid groups (broad SMARTS) is 1. The first-order valence-electron chi connectivity index (χ1n) is 8.98. The van der Waals surface area contributed by atoms with Gasteiger partial charge in [0.15, 0.2) is 0 Å². The van der Waals surface area contributed by atoms with Crippen LogP contribution in [0.15, 0.2) is 36.4 Å². The van der Waals surface area contributed by atoms with Crippen molar-refractivity contribution in [2.75, 3.05) is 25.9 Å². The first kappa shape index (κ1) is 20.7. The zero-order chi connectivity index (χ0) is 18.8. The van der Waals surface area contributed by atoms with E-state index in [1.54, 1.807) is 24.3 Å². The van der Waals surface area contributed by atoms with Gasteiger partial charge >= 0.3 is 14.0 Å². The van der Waals surface area contributed by atoms with Gasteiger partial charge < -0.3 is 15.5 Å². The van der Waals surface area contributed by atoms with E-state index in [1.807, 2.05) is 0 Å². The molecule has 3 N–H and O–H groups in total. The second kappa shape index (κ2) is 11.2. The fourth-order valence-electron chi connectivity index (χ4n) is 2.80. The molecule has 6 nitrogen and oxygen atoms in total. The highest BCUT2D eigenvalue weighted by molar-refractivity contribution is 7.39. The lowest BCUT2D eigenvalue weighted by Gasteiger charge is -2.14. The number of carboxylic acids is 1. The average molecular weight is 380 g/mol. The lowest BCUT2D eigenvalue weighted by atomic mass is 9.96. The molecule has 0 amide bonds. The third-order valence-electron chi connectivity index (χ3n) is 4.36. The van der Waals surface area contributed by atoms with Crippen LogP contribution >= 0.6 is 8.03 Å². The molecule has 142 valence electrons. The number of benzene rings is 1. The minimum absolute atomic E-state index is 0.137. The molecule has 0 saturated carbocycles. The maximum atomic E-state index is 11.9. The first-order chi connectivity index (χ1) is 12.5. The van der Waals surface area contributed by atoms with E-state index in [0.717, 1.165) is 31.2 Å². The van der Waals surface area contributed by atoms with Crippen LogP contribution in [0.3, 0.4) is 0 Å².